The topological polar surface area (TPSA) is 47.6 Å². The predicted molar refractivity (Wildman–Crippen MR) is 108 cm³/mol. The molecule has 4 heteroatoms. The van der Waals surface area contributed by atoms with Gasteiger partial charge in [-0.3, -0.25) is 4.79 Å². The van der Waals surface area contributed by atoms with Crippen LogP contribution in [0.5, 0.6) is 11.5 Å². The van der Waals surface area contributed by atoms with Crippen LogP contribution in [0.2, 0.25) is 0 Å². The Bertz CT molecular complexity index is 868. The first-order valence-corrected chi connectivity index (χ1v) is 8.74. The SMILES string of the molecule is COc1ccc(NC(=O)C(C)(c2ccccc2)c2ccccc2)cc1OC. The lowest BCUT2D eigenvalue weighted by atomic mass is 9.75. The standard InChI is InChI=1S/C23H23NO3/c1-23(17-10-6-4-7-11-17,18-12-8-5-9-13-18)22(25)24-19-14-15-20(26-2)21(16-19)27-3/h4-16H,1-3H3,(H,24,25). The molecular weight excluding hydrogens is 338 g/mol. The molecule has 3 rings (SSSR count). The fraction of sp³-hybridized carbons (Fsp3) is 0.174. The van der Waals surface area contributed by atoms with Crippen LogP contribution in [-0.2, 0) is 10.2 Å². The van der Waals surface area contributed by atoms with E-state index in [1.165, 1.54) is 0 Å². The molecule has 0 aliphatic rings. The first kappa shape index (κ1) is 18.5. The lowest BCUT2D eigenvalue weighted by molar-refractivity contribution is -0.119. The van der Waals surface area contributed by atoms with Crippen LogP contribution in [0.1, 0.15) is 18.1 Å². The first-order chi connectivity index (χ1) is 13.1. The van der Waals surface area contributed by atoms with Crippen LogP contribution in [0.3, 0.4) is 0 Å². The average Bonchev–Trinajstić information content (AvgIpc) is 2.74. The number of carbonyl (C=O) groups is 1. The fourth-order valence-corrected chi connectivity index (χ4v) is 3.14. The van der Waals surface area contributed by atoms with Crippen LogP contribution >= 0.6 is 0 Å². The summed E-state index contributed by atoms with van der Waals surface area (Å²) in [4.78, 5) is 13.4. The summed E-state index contributed by atoms with van der Waals surface area (Å²) in [5.41, 5.74) is 1.66. The molecule has 1 N–H and O–H groups in total. The van der Waals surface area contributed by atoms with Crippen molar-refractivity contribution < 1.29 is 14.3 Å². The van der Waals surface area contributed by atoms with Gasteiger partial charge in [-0.25, -0.2) is 0 Å². The van der Waals surface area contributed by atoms with Crippen molar-refractivity contribution in [2.45, 2.75) is 12.3 Å². The van der Waals surface area contributed by atoms with Crippen molar-refractivity contribution in [2.75, 3.05) is 19.5 Å². The Kier molecular flexibility index (Phi) is 5.46. The molecule has 0 saturated heterocycles. The second-order valence-electron chi connectivity index (χ2n) is 6.38. The largest absolute Gasteiger partial charge is 0.493 e. The van der Waals surface area contributed by atoms with E-state index in [9.17, 15) is 4.79 Å². The van der Waals surface area contributed by atoms with Crippen LogP contribution in [0, 0.1) is 0 Å². The molecule has 138 valence electrons. The van der Waals surface area contributed by atoms with E-state index < -0.39 is 5.41 Å². The van der Waals surface area contributed by atoms with E-state index in [0.29, 0.717) is 17.2 Å². The third-order valence-electron chi connectivity index (χ3n) is 4.80. The molecule has 0 unspecified atom stereocenters. The van der Waals surface area contributed by atoms with E-state index in [1.807, 2.05) is 67.6 Å². The molecule has 0 radical (unpaired) electrons. The Balaban J connectivity index is 2.00. The van der Waals surface area contributed by atoms with Gasteiger partial charge in [0, 0.05) is 11.8 Å². The number of hydrogen-bond acceptors (Lipinski definition) is 3. The zero-order valence-corrected chi connectivity index (χ0v) is 15.7. The van der Waals surface area contributed by atoms with Gasteiger partial charge in [0.05, 0.1) is 19.6 Å². The number of benzene rings is 3. The zero-order valence-electron chi connectivity index (χ0n) is 15.7. The third-order valence-corrected chi connectivity index (χ3v) is 4.80. The molecule has 27 heavy (non-hydrogen) atoms. The maximum Gasteiger partial charge on any atom is 0.239 e. The number of nitrogens with one attached hydrogen (secondary N) is 1. The Morgan fingerprint density at radius 3 is 1.78 bits per heavy atom. The van der Waals surface area contributed by atoms with Crippen molar-refractivity contribution in [1.82, 2.24) is 0 Å². The smallest absolute Gasteiger partial charge is 0.239 e. The van der Waals surface area contributed by atoms with E-state index in [0.717, 1.165) is 11.1 Å². The van der Waals surface area contributed by atoms with Gasteiger partial charge < -0.3 is 14.8 Å². The van der Waals surface area contributed by atoms with Crippen LogP contribution in [0.4, 0.5) is 5.69 Å². The minimum absolute atomic E-state index is 0.118. The average molecular weight is 361 g/mol. The summed E-state index contributed by atoms with van der Waals surface area (Å²) < 4.78 is 10.6. The summed E-state index contributed by atoms with van der Waals surface area (Å²) in [6, 6.07) is 24.9. The summed E-state index contributed by atoms with van der Waals surface area (Å²) in [5.74, 6) is 1.06. The normalized spacial score (nSPS) is 10.9. The molecule has 0 atom stereocenters. The van der Waals surface area contributed by atoms with Gasteiger partial charge in [-0.15, -0.1) is 0 Å². The molecular formula is C23H23NO3. The van der Waals surface area contributed by atoms with Gasteiger partial charge in [-0.2, -0.15) is 0 Å². The fourth-order valence-electron chi connectivity index (χ4n) is 3.14. The summed E-state index contributed by atoms with van der Waals surface area (Å²) in [6.07, 6.45) is 0. The summed E-state index contributed by atoms with van der Waals surface area (Å²) in [7, 11) is 3.15. The number of ether oxygens (including phenoxy) is 2. The highest BCUT2D eigenvalue weighted by Crippen LogP contribution is 2.35. The molecule has 3 aromatic rings. The van der Waals surface area contributed by atoms with E-state index in [4.69, 9.17) is 9.47 Å². The number of rotatable bonds is 6. The van der Waals surface area contributed by atoms with Gasteiger partial charge in [0.1, 0.15) is 0 Å². The highest BCUT2D eigenvalue weighted by Gasteiger charge is 2.37. The molecule has 0 aliphatic heterocycles. The number of anilines is 1. The number of carbonyl (C=O) groups excluding carboxylic acids is 1. The molecule has 4 nitrogen and oxygen atoms in total. The molecule has 0 heterocycles. The monoisotopic (exact) mass is 361 g/mol. The Morgan fingerprint density at radius 1 is 0.778 bits per heavy atom. The molecule has 0 aromatic heterocycles. The van der Waals surface area contributed by atoms with Crippen LogP contribution in [0.25, 0.3) is 0 Å². The van der Waals surface area contributed by atoms with Crippen LogP contribution in [-0.4, -0.2) is 20.1 Å². The lowest BCUT2D eigenvalue weighted by Gasteiger charge is -2.29. The lowest BCUT2D eigenvalue weighted by Crippen LogP contribution is -2.38. The highest BCUT2D eigenvalue weighted by molar-refractivity contribution is 6.01. The second-order valence-corrected chi connectivity index (χ2v) is 6.38. The number of methoxy groups -OCH3 is 2. The van der Waals surface area contributed by atoms with E-state index >= 15 is 0 Å². The molecule has 0 aliphatic carbocycles. The Hall–Kier alpha value is -3.27. The van der Waals surface area contributed by atoms with Crippen molar-refractivity contribution in [3.8, 4) is 11.5 Å². The van der Waals surface area contributed by atoms with E-state index in [2.05, 4.69) is 5.32 Å². The second kappa shape index (κ2) is 7.96. The summed E-state index contributed by atoms with van der Waals surface area (Å²) >= 11 is 0. The number of amides is 1. The maximum absolute atomic E-state index is 13.4. The quantitative estimate of drug-likeness (QED) is 0.695. The minimum Gasteiger partial charge on any atom is -0.493 e. The van der Waals surface area contributed by atoms with Gasteiger partial charge >= 0.3 is 0 Å². The van der Waals surface area contributed by atoms with Crippen LogP contribution in [0.15, 0.2) is 78.9 Å². The predicted octanol–water partition coefficient (Wildman–Crippen LogP) is 4.65. The van der Waals surface area contributed by atoms with Gasteiger partial charge in [0.2, 0.25) is 5.91 Å². The van der Waals surface area contributed by atoms with E-state index in [-0.39, 0.29) is 5.91 Å². The zero-order chi connectivity index (χ0) is 19.3. The molecule has 0 spiro atoms. The highest BCUT2D eigenvalue weighted by atomic mass is 16.5. The molecule has 0 fully saturated rings. The van der Waals surface area contributed by atoms with Crippen molar-refractivity contribution >= 4 is 11.6 Å². The third kappa shape index (κ3) is 3.65. The summed E-state index contributed by atoms with van der Waals surface area (Å²) in [5, 5.41) is 3.03. The van der Waals surface area contributed by atoms with Crippen molar-refractivity contribution in [3.05, 3.63) is 90.0 Å². The van der Waals surface area contributed by atoms with Crippen molar-refractivity contribution in [3.63, 3.8) is 0 Å². The molecule has 1 amide bonds. The minimum atomic E-state index is -0.838. The van der Waals surface area contributed by atoms with Crippen molar-refractivity contribution in [1.29, 1.82) is 0 Å². The number of hydrogen-bond donors (Lipinski definition) is 1. The molecule has 0 bridgehead atoms. The van der Waals surface area contributed by atoms with Crippen LogP contribution < -0.4 is 14.8 Å². The summed E-state index contributed by atoms with van der Waals surface area (Å²) in [6.45, 7) is 1.94. The van der Waals surface area contributed by atoms with Gasteiger partial charge in [-0.05, 0) is 30.2 Å². The molecule has 0 saturated carbocycles. The van der Waals surface area contributed by atoms with Crippen molar-refractivity contribution in [2.24, 2.45) is 0 Å². The Labute approximate surface area is 159 Å². The maximum atomic E-state index is 13.4. The van der Waals surface area contributed by atoms with Gasteiger partial charge in [0.25, 0.3) is 0 Å². The first-order valence-electron chi connectivity index (χ1n) is 8.74. The van der Waals surface area contributed by atoms with Gasteiger partial charge in [-0.1, -0.05) is 60.7 Å². The van der Waals surface area contributed by atoms with E-state index in [1.54, 1.807) is 32.4 Å². The molecule has 3 aromatic carbocycles. The Morgan fingerprint density at radius 2 is 1.30 bits per heavy atom. The van der Waals surface area contributed by atoms with Gasteiger partial charge in [0.15, 0.2) is 11.5 Å².